The minimum Gasteiger partial charge on any atom is -0.491 e. The molecule has 0 aliphatic rings. The molecular weight excluding hydrogens is 216 g/mol. The first-order valence-electron chi connectivity index (χ1n) is 5.79. The van der Waals surface area contributed by atoms with Crippen molar-refractivity contribution in [1.82, 2.24) is 10.6 Å². The fourth-order valence-electron chi connectivity index (χ4n) is 1.37. The molecule has 2 N–H and O–H groups in total. The number of rotatable bonds is 6. The largest absolute Gasteiger partial charge is 0.491 e. The Morgan fingerprint density at radius 2 is 1.94 bits per heavy atom. The van der Waals surface area contributed by atoms with Gasteiger partial charge in [-0.1, -0.05) is 18.2 Å². The van der Waals surface area contributed by atoms with Crippen molar-refractivity contribution in [1.29, 1.82) is 0 Å². The van der Waals surface area contributed by atoms with Gasteiger partial charge in [0.15, 0.2) is 0 Å². The van der Waals surface area contributed by atoms with E-state index >= 15 is 0 Å². The van der Waals surface area contributed by atoms with Crippen LogP contribution in [0.1, 0.15) is 13.8 Å². The second-order valence-corrected chi connectivity index (χ2v) is 4.13. The van der Waals surface area contributed by atoms with Crippen LogP contribution in [0.5, 0.6) is 5.75 Å². The molecule has 17 heavy (non-hydrogen) atoms. The van der Waals surface area contributed by atoms with Crippen LogP contribution in [0.4, 0.5) is 0 Å². The Morgan fingerprint density at radius 1 is 1.29 bits per heavy atom. The van der Waals surface area contributed by atoms with Gasteiger partial charge >= 0.3 is 0 Å². The molecule has 0 saturated heterocycles. The van der Waals surface area contributed by atoms with E-state index < -0.39 is 0 Å². The lowest BCUT2D eigenvalue weighted by molar-refractivity contribution is -0.124. The average Bonchev–Trinajstić information content (AvgIpc) is 2.30. The van der Waals surface area contributed by atoms with Crippen LogP contribution in [0.15, 0.2) is 30.3 Å². The molecule has 0 saturated carbocycles. The van der Waals surface area contributed by atoms with Crippen LogP contribution in [0, 0.1) is 0 Å². The van der Waals surface area contributed by atoms with E-state index in [1.54, 1.807) is 7.05 Å². The zero-order valence-corrected chi connectivity index (χ0v) is 10.6. The molecule has 0 heterocycles. The predicted molar refractivity (Wildman–Crippen MR) is 68.1 cm³/mol. The molecule has 1 amide bonds. The van der Waals surface area contributed by atoms with Crippen LogP contribution in [0.2, 0.25) is 0 Å². The van der Waals surface area contributed by atoms with Crippen molar-refractivity contribution in [2.45, 2.75) is 25.9 Å². The first kappa shape index (κ1) is 13.5. The lowest BCUT2D eigenvalue weighted by Crippen LogP contribution is -2.48. The first-order valence-corrected chi connectivity index (χ1v) is 5.79. The number of para-hydroxylation sites is 1. The maximum atomic E-state index is 11.8. The molecule has 4 nitrogen and oxygen atoms in total. The van der Waals surface area contributed by atoms with E-state index in [1.807, 2.05) is 44.2 Å². The van der Waals surface area contributed by atoms with E-state index in [0.717, 1.165) is 5.75 Å². The van der Waals surface area contributed by atoms with Crippen LogP contribution in [-0.2, 0) is 4.79 Å². The molecule has 0 spiro atoms. The summed E-state index contributed by atoms with van der Waals surface area (Å²) in [5.74, 6) is 0.725. The summed E-state index contributed by atoms with van der Waals surface area (Å²) in [4.78, 5) is 11.8. The van der Waals surface area contributed by atoms with Crippen LogP contribution in [0.3, 0.4) is 0 Å². The molecule has 0 fully saturated rings. The maximum Gasteiger partial charge on any atom is 0.240 e. The molecule has 0 aliphatic carbocycles. The molecule has 0 aliphatic heterocycles. The van der Waals surface area contributed by atoms with Gasteiger partial charge in [-0.3, -0.25) is 4.79 Å². The van der Waals surface area contributed by atoms with E-state index in [1.165, 1.54) is 0 Å². The van der Waals surface area contributed by atoms with Gasteiger partial charge in [0.1, 0.15) is 18.4 Å². The van der Waals surface area contributed by atoms with Crippen molar-refractivity contribution in [3.63, 3.8) is 0 Å². The van der Waals surface area contributed by atoms with Crippen molar-refractivity contribution in [3.8, 4) is 5.75 Å². The quantitative estimate of drug-likeness (QED) is 0.779. The summed E-state index contributed by atoms with van der Waals surface area (Å²) >= 11 is 0. The molecule has 4 heteroatoms. The Hall–Kier alpha value is -1.55. The third-order valence-electron chi connectivity index (χ3n) is 2.26. The highest BCUT2D eigenvalue weighted by Crippen LogP contribution is 2.08. The number of nitrogens with one attached hydrogen (secondary N) is 2. The van der Waals surface area contributed by atoms with Crippen molar-refractivity contribution in [2.24, 2.45) is 0 Å². The Bertz CT molecular complexity index is 339. The highest BCUT2D eigenvalue weighted by atomic mass is 16.5. The molecule has 0 radical (unpaired) electrons. The summed E-state index contributed by atoms with van der Waals surface area (Å²) in [5, 5.41) is 5.79. The summed E-state index contributed by atoms with van der Waals surface area (Å²) in [5.41, 5.74) is 0. The number of benzene rings is 1. The maximum absolute atomic E-state index is 11.8. The standard InChI is InChI=1S/C13H20N2O2/c1-10(2)15-13(16)12(14-3)9-17-11-7-5-4-6-8-11/h4-8,10,12,14H,9H2,1-3H3,(H,15,16). The summed E-state index contributed by atoms with van der Waals surface area (Å²) in [6.45, 7) is 4.18. The Labute approximate surface area is 102 Å². The molecule has 1 unspecified atom stereocenters. The number of likely N-dealkylation sites (N-methyl/N-ethyl adjacent to an activating group) is 1. The van der Waals surface area contributed by atoms with Gasteiger partial charge in [-0.2, -0.15) is 0 Å². The lowest BCUT2D eigenvalue weighted by Gasteiger charge is -2.18. The molecule has 94 valence electrons. The summed E-state index contributed by atoms with van der Waals surface area (Å²) in [6.07, 6.45) is 0. The monoisotopic (exact) mass is 236 g/mol. The minimum absolute atomic E-state index is 0.0431. The molecule has 1 atom stereocenters. The molecule has 1 aromatic carbocycles. The Balaban J connectivity index is 2.45. The normalized spacial score (nSPS) is 12.2. The van der Waals surface area contributed by atoms with Crippen LogP contribution in [0.25, 0.3) is 0 Å². The van der Waals surface area contributed by atoms with Crippen LogP contribution >= 0.6 is 0 Å². The molecule has 1 aromatic rings. The van der Waals surface area contributed by atoms with Gasteiger partial charge in [-0.05, 0) is 33.0 Å². The van der Waals surface area contributed by atoms with E-state index in [2.05, 4.69) is 10.6 Å². The minimum atomic E-state index is -0.336. The predicted octanol–water partition coefficient (Wildman–Crippen LogP) is 1.18. The van der Waals surface area contributed by atoms with Crippen molar-refractivity contribution in [2.75, 3.05) is 13.7 Å². The van der Waals surface area contributed by atoms with Crippen molar-refractivity contribution in [3.05, 3.63) is 30.3 Å². The number of carbonyl (C=O) groups excluding carboxylic acids is 1. The number of amides is 1. The molecule has 1 rings (SSSR count). The highest BCUT2D eigenvalue weighted by Gasteiger charge is 2.17. The van der Waals surface area contributed by atoms with E-state index in [9.17, 15) is 4.79 Å². The van der Waals surface area contributed by atoms with E-state index in [-0.39, 0.29) is 18.0 Å². The molecular formula is C13H20N2O2. The summed E-state index contributed by atoms with van der Waals surface area (Å²) in [6, 6.07) is 9.26. The molecule has 0 bridgehead atoms. The number of hydrogen-bond acceptors (Lipinski definition) is 3. The van der Waals surface area contributed by atoms with Crippen molar-refractivity contribution >= 4 is 5.91 Å². The second kappa shape index (κ2) is 6.91. The van der Waals surface area contributed by atoms with E-state index in [0.29, 0.717) is 6.61 Å². The number of hydrogen-bond donors (Lipinski definition) is 2. The number of ether oxygens (including phenoxy) is 1. The smallest absolute Gasteiger partial charge is 0.240 e. The zero-order valence-electron chi connectivity index (χ0n) is 10.6. The summed E-state index contributed by atoms with van der Waals surface area (Å²) in [7, 11) is 1.75. The molecule has 0 aromatic heterocycles. The zero-order chi connectivity index (χ0) is 12.7. The van der Waals surface area contributed by atoms with Gasteiger partial charge < -0.3 is 15.4 Å². The second-order valence-electron chi connectivity index (χ2n) is 4.13. The van der Waals surface area contributed by atoms with Gasteiger partial charge in [0.05, 0.1) is 0 Å². The lowest BCUT2D eigenvalue weighted by atomic mass is 10.2. The van der Waals surface area contributed by atoms with Gasteiger partial charge in [-0.25, -0.2) is 0 Å². The van der Waals surface area contributed by atoms with Crippen molar-refractivity contribution < 1.29 is 9.53 Å². The third-order valence-corrected chi connectivity index (χ3v) is 2.26. The number of carbonyl (C=O) groups is 1. The van der Waals surface area contributed by atoms with Gasteiger partial charge in [0, 0.05) is 6.04 Å². The van der Waals surface area contributed by atoms with E-state index in [4.69, 9.17) is 4.74 Å². The first-order chi connectivity index (χ1) is 8.13. The summed E-state index contributed by atoms with van der Waals surface area (Å²) < 4.78 is 5.54. The Kier molecular flexibility index (Phi) is 5.49. The highest BCUT2D eigenvalue weighted by molar-refractivity contribution is 5.82. The fraction of sp³-hybridized carbons (Fsp3) is 0.462. The topological polar surface area (TPSA) is 50.4 Å². The third kappa shape index (κ3) is 4.87. The fourth-order valence-corrected chi connectivity index (χ4v) is 1.37. The van der Waals surface area contributed by atoms with Gasteiger partial charge in [0.2, 0.25) is 5.91 Å². The van der Waals surface area contributed by atoms with Crippen LogP contribution < -0.4 is 15.4 Å². The average molecular weight is 236 g/mol. The van der Waals surface area contributed by atoms with Gasteiger partial charge in [0.25, 0.3) is 0 Å². The van der Waals surface area contributed by atoms with Crippen LogP contribution in [-0.4, -0.2) is 31.6 Å². The Morgan fingerprint density at radius 3 is 2.47 bits per heavy atom. The van der Waals surface area contributed by atoms with Gasteiger partial charge in [-0.15, -0.1) is 0 Å². The SMILES string of the molecule is CNC(COc1ccccc1)C(=O)NC(C)C.